The number of hydrogen-bond donors (Lipinski definition) is 1. The first kappa shape index (κ1) is 20.3. The smallest absolute Gasteiger partial charge is 0.184 e. The fourth-order valence-electron chi connectivity index (χ4n) is 6.52. The SMILES string of the molecule is COC1C(C)CC2(Cc3ccc(-c4cncc(F)c4)cc3C23N=C(C)C(N)=N3)CC1C. The molecule has 162 valence electrons. The molecule has 5 nitrogen and oxygen atoms in total. The monoisotopic (exact) mass is 420 g/mol. The van der Waals surface area contributed by atoms with Gasteiger partial charge in [0, 0.05) is 29.8 Å². The van der Waals surface area contributed by atoms with Gasteiger partial charge in [0.2, 0.25) is 0 Å². The summed E-state index contributed by atoms with van der Waals surface area (Å²) in [6.45, 7) is 6.47. The van der Waals surface area contributed by atoms with E-state index in [2.05, 4.69) is 31.0 Å². The molecule has 1 fully saturated rings. The molecule has 0 saturated heterocycles. The Hall–Kier alpha value is -2.60. The number of halogens is 1. The van der Waals surface area contributed by atoms with E-state index in [1.165, 1.54) is 17.8 Å². The Bertz CT molecular complexity index is 1080. The molecule has 2 aliphatic carbocycles. The lowest BCUT2D eigenvalue weighted by molar-refractivity contribution is -0.0729. The molecule has 1 aromatic heterocycles. The van der Waals surface area contributed by atoms with Crippen LogP contribution in [0.3, 0.4) is 0 Å². The predicted octanol–water partition coefficient (Wildman–Crippen LogP) is 4.50. The molecule has 2 N–H and O–H groups in total. The van der Waals surface area contributed by atoms with Crippen LogP contribution in [0.5, 0.6) is 0 Å². The van der Waals surface area contributed by atoms with Crippen molar-refractivity contribution < 1.29 is 9.13 Å². The molecule has 1 aromatic carbocycles. The molecule has 2 heterocycles. The average Bonchev–Trinajstić information content (AvgIpc) is 3.15. The molecule has 2 spiro atoms. The van der Waals surface area contributed by atoms with Crippen molar-refractivity contribution in [1.82, 2.24) is 4.98 Å². The lowest BCUT2D eigenvalue weighted by Crippen LogP contribution is -2.49. The largest absolute Gasteiger partial charge is 0.382 e. The van der Waals surface area contributed by atoms with Gasteiger partial charge in [-0.15, -0.1) is 0 Å². The van der Waals surface area contributed by atoms with Gasteiger partial charge in [-0.1, -0.05) is 26.0 Å². The zero-order valence-electron chi connectivity index (χ0n) is 18.5. The van der Waals surface area contributed by atoms with E-state index in [1.54, 1.807) is 6.20 Å². The molecule has 0 bridgehead atoms. The van der Waals surface area contributed by atoms with Crippen molar-refractivity contribution in [3.63, 3.8) is 0 Å². The van der Waals surface area contributed by atoms with E-state index in [4.69, 9.17) is 20.5 Å². The summed E-state index contributed by atoms with van der Waals surface area (Å²) in [6, 6.07) is 7.84. The van der Waals surface area contributed by atoms with Gasteiger partial charge in [-0.25, -0.2) is 9.38 Å². The number of amidine groups is 1. The molecular formula is C25H29FN4O. The van der Waals surface area contributed by atoms with Gasteiger partial charge in [-0.3, -0.25) is 9.98 Å². The second-order valence-electron chi connectivity index (χ2n) is 9.65. The van der Waals surface area contributed by atoms with Crippen molar-refractivity contribution in [2.75, 3.05) is 7.11 Å². The molecule has 3 atom stereocenters. The number of pyridine rings is 1. The normalized spacial score (nSPS) is 34.2. The highest BCUT2D eigenvalue weighted by molar-refractivity contribution is 6.41. The molecule has 5 rings (SSSR count). The summed E-state index contributed by atoms with van der Waals surface area (Å²) in [5, 5.41) is 0. The Labute approximate surface area is 182 Å². The first-order valence-electron chi connectivity index (χ1n) is 11.0. The molecule has 6 heteroatoms. The van der Waals surface area contributed by atoms with Crippen LogP contribution in [0.2, 0.25) is 0 Å². The highest BCUT2D eigenvalue weighted by Gasteiger charge is 2.62. The summed E-state index contributed by atoms with van der Waals surface area (Å²) in [5.74, 6) is 0.944. The Morgan fingerprint density at radius 2 is 1.81 bits per heavy atom. The fourth-order valence-corrected chi connectivity index (χ4v) is 6.52. The zero-order chi connectivity index (χ0) is 22.0. The summed E-state index contributed by atoms with van der Waals surface area (Å²) in [4.78, 5) is 14.2. The number of benzene rings is 1. The number of fused-ring (bicyclic) bond motifs is 3. The number of aromatic nitrogens is 1. The third-order valence-electron chi connectivity index (χ3n) is 7.59. The van der Waals surface area contributed by atoms with Crippen molar-refractivity contribution in [3.8, 4) is 11.1 Å². The van der Waals surface area contributed by atoms with Crippen LogP contribution < -0.4 is 5.73 Å². The van der Waals surface area contributed by atoms with Crippen molar-refractivity contribution in [2.45, 2.75) is 51.8 Å². The maximum atomic E-state index is 13.8. The lowest BCUT2D eigenvalue weighted by Gasteiger charge is -2.49. The van der Waals surface area contributed by atoms with Gasteiger partial charge >= 0.3 is 0 Å². The average molecular weight is 421 g/mol. The third-order valence-corrected chi connectivity index (χ3v) is 7.59. The van der Waals surface area contributed by atoms with Gasteiger partial charge in [0.15, 0.2) is 5.66 Å². The van der Waals surface area contributed by atoms with Crippen molar-refractivity contribution in [2.24, 2.45) is 33.0 Å². The molecule has 1 saturated carbocycles. The highest BCUT2D eigenvalue weighted by atomic mass is 19.1. The van der Waals surface area contributed by atoms with Gasteiger partial charge in [0.1, 0.15) is 11.7 Å². The predicted molar refractivity (Wildman–Crippen MR) is 121 cm³/mol. The molecule has 3 unspecified atom stereocenters. The van der Waals surface area contributed by atoms with E-state index in [9.17, 15) is 4.39 Å². The minimum atomic E-state index is -0.728. The van der Waals surface area contributed by atoms with Crippen molar-refractivity contribution >= 4 is 11.5 Å². The second kappa shape index (κ2) is 6.95. The van der Waals surface area contributed by atoms with E-state index in [0.717, 1.165) is 41.7 Å². The topological polar surface area (TPSA) is 72.9 Å². The first-order chi connectivity index (χ1) is 14.8. The van der Waals surface area contributed by atoms with Gasteiger partial charge < -0.3 is 10.5 Å². The number of rotatable bonds is 2. The minimum absolute atomic E-state index is 0.148. The summed E-state index contributed by atoms with van der Waals surface area (Å²) in [7, 11) is 1.81. The second-order valence-corrected chi connectivity index (χ2v) is 9.65. The van der Waals surface area contributed by atoms with Crippen LogP contribution in [0.15, 0.2) is 46.6 Å². The van der Waals surface area contributed by atoms with E-state index in [1.807, 2.05) is 20.1 Å². The first-order valence-corrected chi connectivity index (χ1v) is 11.0. The van der Waals surface area contributed by atoms with Crippen LogP contribution in [-0.2, 0) is 16.8 Å². The Balaban J connectivity index is 1.68. The molecule has 0 amide bonds. The van der Waals surface area contributed by atoms with Crippen LogP contribution in [0.1, 0.15) is 44.7 Å². The zero-order valence-corrected chi connectivity index (χ0v) is 18.5. The number of nitrogens with two attached hydrogens (primary N) is 1. The molecule has 0 radical (unpaired) electrons. The highest BCUT2D eigenvalue weighted by Crippen LogP contribution is 2.63. The maximum absolute atomic E-state index is 13.8. The summed E-state index contributed by atoms with van der Waals surface area (Å²) in [6.07, 6.45) is 5.98. The van der Waals surface area contributed by atoms with Crippen LogP contribution in [0, 0.1) is 23.1 Å². The maximum Gasteiger partial charge on any atom is 0.184 e. The van der Waals surface area contributed by atoms with Crippen LogP contribution in [-0.4, -0.2) is 29.7 Å². The summed E-state index contributed by atoms with van der Waals surface area (Å²) >= 11 is 0. The van der Waals surface area contributed by atoms with Crippen LogP contribution in [0.4, 0.5) is 4.39 Å². The van der Waals surface area contributed by atoms with E-state index in [-0.39, 0.29) is 17.3 Å². The van der Waals surface area contributed by atoms with Crippen molar-refractivity contribution in [3.05, 3.63) is 53.6 Å². The molecule has 1 aliphatic heterocycles. The molecular weight excluding hydrogens is 391 g/mol. The van der Waals surface area contributed by atoms with Gasteiger partial charge in [0.05, 0.1) is 18.0 Å². The fraction of sp³-hybridized carbons (Fsp3) is 0.480. The number of methoxy groups -OCH3 is 1. The van der Waals surface area contributed by atoms with Crippen LogP contribution >= 0.6 is 0 Å². The van der Waals surface area contributed by atoms with Gasteiger partial charge in [-0.05, 0) is 61.3 Å². The number of hydrogen-bond acceptors (Lipinski definition) is 5. The Kier molecular flexibility index (Phi) is 4.56. The number of ether oxygens (including phenoxy) is 1. The standard InChI is InChI=1S/C25H29FN4O/c1-14-9-24(10-15(2)22(14)31-4)11-18-6-5-17(19-7-20(26)13-28-12-19)8-21(18)25(24)29-16(3)23(27)30-25/h5-8,12-15,22H,9-11H2,1-4H3,(H2,27,30). The van der Waals surface area contributed by atoms with E-state index < -0.39 is 5.66 Å². The Morgan fingerprint density at radius 3 is 2.42 bits per heavy atom. The van der Waals surface area contributed by atoms with Crippen LogP contribution in [0.25, 0.3) is 11.1 Å². The summed E-state index contributed by atoms with van der Waals surface area (Å²) < 4.78 is 19.7. The van der Waals surface area contributed by atoms with Gasteiger partial charge in [0.25, 0.3) is 0 Å². The van der Waals surface area contributed by atoms with E-state index >= 15 is 0 Å². The van der Waals surface area contributed by atoms with Crippen molar-refractivity contribution in [1.29, 1.82) is 0 Å². The van der Waals surface area contributed by atoms with Gasteiger partial charge in [-0.2, -0.15) is 0 Å². The number of nitrogens with zero attached hydrogens (tertiary/aromatic N) is 3. The summed E-state index contributed by atoms with van der Waals surface area (Å²) in [5.41, 5.74) is 10.2. The van der Waals surface area contributed by atoms with E-state index in [0.29, 0.717) is 17.7 Å². The lowest BCUT2D eigenvalue weighted by atomic mass is 9.59. The third kappa shape index (κ3) is 2.88. The number of aliphatic imine (C=N–C) groups is 2. The quantitative estimate of drug-likeness (QED) is 0.778. The molecule has 2 aromatic rings. The molecule has 31 heavy (non-hydrogen) atoms. The minimum Gasteiger partial charge on any atom is -0.382 e. The molecule has 3 aliphatic rings. The Morgan fingerprint density at radius 1 is 1.06 bits per heavy atom.